The van der Waals surface area contributed by atoms with Crippen molar-refractivity contribution in [1.82, 2.24) is 37.8 Å². The molecule has 438 valence electrons. The summed E-state index contributed by atoms with van der Waals surface area (Å²) in [6, 6.07) is 95.0. The molecule has 95 heavy (non-hydrogen) atoms. The van der Waals surface area contributed by atoms with Crippen LogP contribution in [0.1, 0.15) is 33.4 Å². The van der Waals surface area contributed by atoms with Gasteiger partial charge in [-0.3, -0.25) is 15.0 Å². The van der Waals surface area contributed by atoms with Gasteiger partial charge in [0.2, 0.25) is 0 Å². The van der Waals surface area contributed by atoms with E-state index in [0.29, 0.717) is 22.6 Å². The molecule has 2 aliphatic rings. The van der Waals surface area contributed by atoms with Crippen LogP contribution in [0.4, 0.5) is 0 Å². The smallest absolute Gasteiger partial charge is 0.134 e. The first kappa shape index (κ1) is 51.4. The van der Waals surface area contributed by atoms with Crippen molar-refractivity contribution < 1.29 is 4.74 Å². The summed E-state index contributed by atoms with van der Waals surface area (Å²) in [5, 5.41) is 31.4. The van der Waals surface area contributed by atoms with Crippen LogP contribution in [-0.2, 0) is 5.41 Å². The molecule has 1 spiro atoms. The first-order valence-electron chi connectivity index (χ1n) is 31.7. The summed E-state index contributed by atoms with van der Waals surface area (Å²) in [6.45, 7) is 0. The van der Waals surface area contributed by atoms with Crippen molar-refractivity contribution in [3.8, 4) is 63.5 Å². The first-order valence-corrected chi connectivity index (χ1v) is 31.7. The molecule has 0 amide bonds. The highest BCUT2D eigenvalue weighted by molar-refractivity contribution is 6.14. The lowest BCUT2D eigenvalue weighted by Gasteiger charge is -2.39. The zero-order chi connectivity index (χ0) is 62.4. The standard InChI is InChI=1S/C84H46N10O/c85-44-49-25-32-76-63(37-49)59-16-4-11-23-74(59)93(76)54-40-68-82(88-46-54)83-69(41-55(47-89-83)94-75-24-12-5-17-60(75)64-38-50(45-86)26-33-77(64)94)84(68)66-30-27-52(90-70-19-7-1-13-56(70)57-14-2-8-20-71(57)90)42-80(66)95-81-43-53(28-31-67(81)84)91-73-22-10-6-18-61(73)65-39-51(29-34-78(65)91)92-72-21-9-3-15-58(72)62-35-36-87-48-79(62)92/h1-43,46-48H. The van der Waals surface area contributed by atoms with E-state index in [0.717, 1.165) is 166 Å². The van der Waals surface area contributed by atoms with Gasteiger partial charge < -0.3 is 27.6 Å². The average molecular weight is 1210 g/mol. The molecule has 0 bridgehead atoms. The van der Waals surface area contributed by atoms with Crippen LogP contribution in [0, 0.1) is 22.7 Å². The zero-order valence-electron chi connectivity index (χ0n) is 50.4. The summed E-state index contributed by atoms with van der Waals surface area (Å²) in [5.74, 6) is 1.38. The number of pyridine rings is 3. The number of rotatable bonds is 5. The molecule has 11 nitrogen and oxygen atoms in total. The van der Waals surface area contributed by atoms with Gasteiger partial charge in [0.05, 0.1) is 125 Å². The van der Waals surface area contributed by atoms with Gasteiger partial charge in [-0.05, 0) is 121 Å². The normalized spacial score (nSPS) is 13.0. The second-order valence-electron chi connectivity index (χ2n) is 25.0. The van der Waals surface area contributed by atoms with Crippen molar-refractivity contribution in [2.45, 2.75) is 5.41 Å². The summed E-state index contributed by atoms with van der Waals surface area (Å²) in [4.78, 5) is 15.8. The van der Waals surface area contributed by atoms with Gasteiger partial charge >= 0.3 is 0 Å². The Morgan fingerprint density at radius 3 is 1.05 bits per heavy atom. The summed E-state index contributed by atoms with van der Waals surface area (Å²) in [6.07, 6.45) is 7.79. The topological polar surface area (TPSA) is 120 Å². The summed E-state index contributed by atoms with van der Waals surface area (Å²) < 4.78 is 19.3. The fourth-order valence-corrected chi connectivity index (χ4v) is 16.5. The SMILES string of the molecule is N#Cc1ccc2c(c1)c1ccccc1n2-c1cnc2c(c1)C1(c3ccc(-n4c5ccccc5c5ccccc54)cc3Oc3cc(-n4c5ccccc5c5cc(-n6c7ccccc7c7ccncc76)ccc54)ccc31)c1cc(-n3c4ccccc4c4cc(C#N)ccc43)cnc1-2. The molecule has 0 fully saturated rings. The Hall–Kier alpha value is -13.4. The van der Waals surface area contributed by atoms with Gasteiger partial charge in [0.15, 0.2) is 0 Å². The number of ether oxygens (including phenoxy) is 1. The lowest BCUT2D eigenvalue weighted by atomic mass is 9.66. The minimum atomic E-state index is -1.11. The summed E-state index contributed by atoms with van der Waals surface area (Å²) >= 11 is 0. The second-order valence-corrected chi connectivity index (χ2v) is 25.0. The second kappa shape index (κ2) is 18.9. The highest BCUT2D eigenvalue weighted by Crippen LogP contribution is 2.63. The van der Waals surface area contributed by atoms with Crippen LogP contribution in [0.5, 0.6) is 11.5 Å². The van der Waals surface area contributed by atoms with Crippen LogP contribution >= 0.6 is 0 Å². The maximum absolute atomic E-state index is 10.2. The van der Waals surface area contributed by atoms with Crippen LogP contribution in [0.15, 0.2) is 280 Å². The molecule has 0 radical (unpaired) electrons. The minimum Gasteiger partial charge on any atom is -0.457 e. The molecular formula is C84H46N10O. The molecule has 1 aliphatic heterocycles. The van der Waals surface area contributed by atoms with Crippen LogP contribution in [0.25, 0.3) is 149 Å². The third-order valence-electron chi connectivity index (χ3n) is 20.3. The largest absolute Gasteiger partial charge is 0.457 e. The van der Waals surface area contributed by atoms with Gasteiger partial charge in [-0.1, -0.05) is 121 Å². The molecular weight excluding hydrogens is 1160 g/mol. The third kappa shape index (κ3) is 6.81. The molecule has 9 heterocycles. The lowest BCUT2D eigenvalue weighted by molar-refractivity contribution is 0.436. The van der Waals surface area contributed by atoms with E-state index in [1.165, 1.54) is 5.39 Å². The molecule has 0 N–H and O–H groups in total. The van der Waals surface area contributed by atoms with E-state index in [-0.39, 0.29) is 0 Å². The highest BCUT2D eigenvalue weighted by Gasteiger charge is 2.53. The van der Waals surface area contributed by atoms with Gasteiger partial charge in [-0.15, -0.1) is 0 Å². The van der Waals surface area contributed by atoms with Gasteiger partial charge in [0.1, 0.15) is 11.5 Å². The predicted molar refractivity (Wildman–Crippen MR) is 378 cm³/mol. The van der Waals surface area contributed by atoms with E-state index >= 15 is 0 Å². The number of hydrogen-bond donors (Lipinski definition) is 0. The van der Waals surface area contributed by atoms with Gasteiger partial charge in [0.25, 0.3) is 0 Å². The van der Waals surface area contributed by atoms with Crippen LogP contribution < -0.4 is 4.74 Å². The molecule has 0 unspecified atom stereocenters. The van der Waals surface area contributed by atoms with Gasteiger partial charge in [0, 0.05) is 112 Å². The Kier molecular flexibility index (Phi) is 10.2. The minimum absolute atomic E-state index is 0.593. The number of nitriles is 2. The Bertz CT molecular complexity index is 6470. The number of hydrogen-bond acceptors (Lipinski definition) is 6. The number of fused-ring (bicyclic) bond motifs is 24. The molecule has 8 aromatic heterocycles. The monoisotopic (exact) mass is 1210 g/mol. The summed E-state index contributed by atoms with van der Waals surface area (Å²) in [7, 11) is 0. The lowest BCUT2D eigenvalue weighted by Crippen LogP contribution is -2.32. The zero-order valence-corrected chi connectivity index (χ0v) is 50.4. The van der Waals surface area contributed by atoms with E-state index in [1.54, 1.807) is 0 Å². The molecule has 21 rings (SSSR count). The van der Waals surface area contributed by atoms with E-state index in [1.807, 2.05) is 49.1 Å². The third-order valence-corrected chi connectivity index (χ3v) is 20.3. The Balaban J connectivity index is 0.857. The average Bonchev–Trinajstić information content (AvgIpc) is 1.55. The van der Waals surface area contributed by atoms with E-state index in [2.05, 4.69) is 270 Å². The molecule has 0 saturated heterocycles. The van der Waals surface area contributed by atoms with E-state index in [4.69, 9.17) is 14.7 Å². The predicted octanol–water partition coefficient (Wildman–Crippen LogP) is 19.6. The molecule has 0 atom stereocenters. The van der Waals surface area contributed by atoms with Crippen LogP contribution in [-0.4, -0.2) is 37.8 Å². The number of para-hydroxylation sites is 6. The molecule has 1 aliphatic carbocycles. The quantitative estimate of drug-likeness (QED) is 0.169. The van der Waals surface area contributed by atoms with Crippen LogP contribution in [0.3, 0.4) is 0 Å². The summed E-state index contributed by atoms with van der Waals surface area (Å²) in [5.41, 5.74) is 20.4. The Labute approximate surface area is 540 Å². The molecule has 11 aromatic carbocycles. The van der Waals surface area contributed by atoms with Crippen molar-refractivity contribution in [3.63, 3.8) is 0 Å². The molecule has 0 saturated carbocycles. The van der Waals surface area contributed by atoms with Crippen molar-refractivity contribution in [3.05, 3.63) is 313 Å². The van der Waals surface area contributed by atoms with Gasteiger partial charge in [-0.25, -0.2) is 0 Å². The van der Waals surface area contributed by atoms with Crippen molar-refractivity contribution >= 4 is 109 Å². The number of aromatic nitrogens is 8. The fraction of sp³-hybridized carbons (Fsp3) is 0.0119. The maximum atomic E-state index is 10.2. The van der Waals surface area contributed by atoms with Crippen molar-refractivity contribution in [1.29, 1.82) is 10.5 Å². The van der Waals surface area contributed by atoms with Crippen LogP contribution in [0.2, 0.25) is 0 Å². The maximum Gasteiger partial charge on any atom is 0.134 e. The molecule has 11 heteroatoms. The van der Waals surface area contributed by atoms with Crippen molar-refractivity contribution in [2.75, 3.05) is 0 Å². The Morgan fingerprint density at radius 2 is 0.621 bits per heavy atom. The van der Waals surface area contributed by atoms with Crippen molar-refractivity contribution in [2.24, 2.45) is 0 Å². The number of nitrogens with zero attached hydrogens (tertiary/aromatic N) is 10. The fourth-order valence-electron chi connectivity index (χ4n) is 16.5. The Morgan fingerprint density at radius 1 is 0.284 bits per heavy atom. The highest BCUT2D eigenvalue weighted by atomic mass is 16.5. The van der Waals surface area contributed by atoms with E-state index in [9.17, 15) is 10.5 Å². The first-order chi connectivity index (χ1) is 47.0. The van der Waals surface area contributed by atoms with Gasteiger partial charge in [-0.2, -0.15) is 10.5 Å². The number of benzene rings is 11. The van der Waals surface area contributed by atoms with E-state index < -0.39 is 5.41 Å². The molecule has 19 aromatic rings.